The van der Waals surface area contributed by atoms with Gasteiger partial charge in [0.15, 0.2) is 5.58 Å². The minimum absolute atomic E-state index is 0.304. The molecular formula is C12H11N5O2. The molecule has 1 saturated carbocycles. The summed E-state index contributed by atoms with van der Waals surface area (Å²) < 4.78 is 11.0. The molecule has 0 spiro atoms. The molecule has 0 aromatic carbocycles. The molecule has 1 N–H and O–H groups in total. The first-order valence-electron chi connectivity index (χ1n) is 6.11. The number of rotatable bonds is 3. The number of fused-ring (bicyclic) bond motifs is 1. The predicted molar refractivity (Wildman–Crippen MR) is 66.1 cm³/mol. The van der Waals surface area contributed by atoms with Gasteiger partial charge in [0.05, 0.1) is 6.20 Å². The second kappa shape index (κ2) is 3.78. The van der Waals surface area contributed by atoms with Crippen LogP contribution >= 0.6 is 0 Å². The molecule has 0 saturated heterocycles. The fraction of sp³-hybridized carbons (Fsp3) is 0.333. The monoisotopic (exact) mass is 257 g/mol. The Morgan fingerprint density at radius 2 is 2.11 bits per heavy atom. The van der Waals surface area contributed by atoms with Crippen LogP contribution in [0.1, 0.15) is 30.3 Å². The maximum absolute atomic E-state index is 5.55. The van der Waals surface area contributed by atoms with Gasteiger partial charge in [0.25, 0.3) is 0 Å². The van der Waals surface area contributed by atoms with Crippen molar-refractivity contribution in [2.45, 2.75) is 25.7 Å². The summed E-state index contributed by atoms with van der Waals surface area (Å²) in [4.78, 5) is 8.41. The molecular weight excluding hydrogens is 246 g/mol. The van der Waals surface area contributed by atoms with Crippen molar-refractivity contribution in [2.75, 3.05) is 5.32 Å². The average molecular weight is 257 g/mol. The van der Waals surface area contributed by atoms with Crippen molar-refractivity contribution in [1.82, 2.24) is 20.2 Å². The largest absolute Gasteiger partial charge is 0.423 e. The number of pyridine rings is 1. The summed E-state index contributed by atoms with van der Waals surface area (Å²) in [6, 6.07) is 2.46. The van der Waals surface area contributed by atoms with Crippen molar-refractivity contribution in [3.05, 3.63) is 23.8 Å². The summed E-state index contributed by atoms with van der Waals surface area (Å²) in [5.41, 5.74) is 2.25. The Morgan fingerprint density at radius 1 is 1.21 bits per heavy atom. The Kier molecular flexibility index (Phi) is 2.08. The van der Waals surface area contributed by atoms with Gasteiger partial charge in [0, 0.05) is 17.7 Å². The Bertz CT molecular complexity index is 744. The third-order valence-electron chi connectivity index (χ3n) is 2.99. The van der Waals surface area contributed by atoms with E-state index in [0.717, 1.165) is 18.5 Å². The van der Waals surface area contributed by atoms with Crippen molar-refractivity contribution in [3.8, 4) is 0 Å². The van der Waals surface area contributed by atoms with E-state index in [9.17, 15) is 0 Å². The molecule has 7 heteroatoms. The fourth-order valence-corrected chi connectivity index (χ4v) is 1.85. The number of nitrogens with zero attached hydrogens (tertiary/aromatic N) is 4. The number of hydrogen-bond donors (Lipinski definition) is 1. The topological polar surface area (TPSA) is 89.9 Å². The van der Waals surface area contributed by atoms with Gasteiger partial charge in [0.1, 0.15) is 5.52 Å². The zero-order valence-electron chi connectivity index (χ0n) is 10.3. The van der Waals surface area contributed by atoms with Gasteiger partial charge < -0.3 is 8.83 Å². The van der Waals surface area contributed by atoms with E-state index in [1.54, 1.807) is 6.20 Å². The molecule has 3 heterocycles. The van der Waals surface area contributed by atoms with E-state index in [1.807, 2.05) is 13.0 Å². The van der Waals surface area contributed by atoms with E-state index in [4.69, 9.17) is 8.83 Å². The predicted octanol–water partition coefficient (Wildman–Crippen LogP) is 2.54. The molecule has 1 fully saturated rings. The first kappa shape index (κ1) is 10.5. The summed E-state index contributed by atoms with van der Waals surface area (Å²) in [7, 11) is 0. The highest BCUT2D eigenvalue weighted by Gasteiger charge is 2.29. The van der Waals surface area contributed by atoms with Crippen molar-refractivity contribution < 1.29 is 8.83 Å². The smallest absolute Gasteiger partial charge is 0.323 e. The molecule has 7 nitrogen and oxygen atoms in total. The molecule has 1 aliphatic carbocycles. The molecule has 0 unspecified atom stereocenters. The highest BCUT2D eigenvalue weighted by atomic mass is 16.4. The minimum atomic E-state index is 0.304. The summed E-state index contributed by atoms with van der Waals surface area (Å²) in [6.45, 7) is 1.90. The molecule has 96 valence electrons. The van der Waals surface area contributed by atoms with Crippen molar-refractivity contribution in [3.63, 3.8) is 0 Å². The molecule has 19 heavy (non-hydrogen) atoms. The Labute approximate surface area is 108 Å². The van der Waals surface area contributed by atoms with E-state index in [1.165, 1.54) is 0 Å². The van der Waals surface area contributed by atoms with Gasteiger partial charge in [-0.25, -0.2) is 0 Å². The maximum atomic E-state index is 5.55. The first-order chi connectivity index (χ1) is 9.28. The Balaban J connectivity index is 1.62. The van der Waals surface area contributed by atoms with E-state index in [0.29, 0.717) is 34.9 Å². The van der Waals surface area contributed by atoms with Crippen LogP contribution in [0.15, 0.2) is 21.1 Å². The summed E-state index contributed by atoms with van der Waals surface area (Å²) in [5, 5.41) is 10.8. The number of aromatic nitrogens is 4. The van der Waals surface area contributed by atoms with E-state index in [-0.39, 0.29) is 0 Å². The van der Waals surface area contributed by atoms with Crippen LogP contribution in [-0.4, -0.2) is 20.2 Å². The lowest BCUT2D eigenvalue weighted by atomic mass is 10.3. The second-order valence-corrected chi connectivity index (χ2v) is 4.66. The SMILES string of the molecule is Cc1cc2oc(Nc3nnc(C4CC4)o3)nc2cn1. The fourth-order valence-electron chi connectivity index (χ4n) is 1.85. The van der Waals surface area contributed by atoms with Gasteiger partial charge in [-0.1, -0.05) is 5.10 Å². The first-order valence-corrected chi connectivity index (χ1v) is 6.11. The van der Waals surface area contributed by atoms with E-state index < -0.39 is 0 Å². The summed E-state index contributed by atoms with van der Waals surface area (Å²) in [6.07, 6.45) is 3.91. The molecule has 3 aromatic rings. The number of oxazole rings is 1. The van der Waals surface area contributed by atoms with E-state index >= 15 is 0 Å². The van der Waals surface area contributed by atoms with Crippen LogP contribution in [0.5, 0.6) is 0 Å². The number of anilines is 2. The molecule has 3 aromatic heterocycles. The second-order valence-electron chi connectivity index (χ2n) is 4.66. The van der Waals surface area contributed by atoms with Crippen molar-refractivity contribution in [2.24, 2.45) is 0 Å². The van der Waals surface area contributed by atoms with Crippen LogP contribution in [0, 0.1) is 6.92 Å². The molecule has 0 aliphatic heterocycles. The standard InChI is InChI=1S/C12H11N5O2/c1-6-4-9-8(5-13-6)14-11(18-9)15-12-17-16-10(19-12)7-2-3-7/h4-5,7H,2-3H2,1H3,(H,14,15,17). The van der Waals surface area contributed by atoms with Gasteiger partial charge in [-0.05, 0) is 19.8 Å². The van der Waals surface area contributed by atoms with Gasteiger partial charge in [0.2, 0.25) is 5.89 Å². The summed E-state index contributed by atoms with van der Waals surface area (Å²) >= 11 is 0. The lowest BCUT2D eigenvalue weighted by Gasteiger charge is -1.92. The molecule has 1 aliphatic rings. The summed E-state index contributed by atoms with van der Waals surface area (Å²) in [5.74, 6) is 1.11. The molecule has 0 radical (unpaired) electrons. The van der Waals surface area contributed by atoms with Gasteiger partial charge in [-0.15, -0.1) is 5.10 Å². The van der Waals surface area contributed by atoms with E-state index in [2.05, 4.69) is 25.5 Å². The van der Waals surface area contributed by atoms with Crippen LogP contribution in [0.2, 0.25) is 0 Å². The van der Waals surface area contributed by atoms with Crippen LogP contribution in [0.25, 0.3) is 11.1 Å². The normalized spacial score (nSPS) is 15.0. The zero-order valence-corrected chi connectivity index (χ0v) is 10.3. The highest BCUT2D eigenvalue weighted by Crippen LogP contribution is 2.39. The van der Waals surface area contributed by atoms with Gasteiger partial charge in [-0.2, -0.15) is 4.98 Å². The van der Waals surface area contributed by atoms with Crippen LogP contribution in [0.4, 0.5) is 12.0 Å². The molecule has 0 atom stereocenters. The third kappa shape index (κ3) is 1.92. The lowest BCUT2D eigenvalue weighted by molar-refractivity contribution is 0.506. The Hall–Kier alpha value is -2.44. The zero-order chi connectivity index (χ0) is 12.8. The molecule has 0 amide bonds. The van der Waals surface area contributed by atoms with Crippen LogP contribution < -0.4 is 5.32 Å². The number of aryl methyl sites for hydroxylation is 1. The Morgan fingerprint density at radius 3 is 2.95 bits per heavy atom. The van der Waals surface area contributed by atoms with Gasteiger partial charge >= 0.3 is 12.0 Å². The maximum Gasteiger partial charge on any atom is 0.323 e. The lowest BCUT2D eigenvalue weighted by Crippen LogP contribution is -1.89. The number of hydrogen-bond acceptors (Lipinski definition) is 7. The van der Waals surface area contributed by atoms with Gasteiger partial charge in [-0.3, -0.25) is 10.3 Å². The molecule has 0 bridgehead atoms. The van der Waals surface area contributed by atoms with Crippen LogP contribution in [-0.2, 0) is 0 Å². The third-order valence-corrected chi connectivity index (χ3v) is 2.99. The minimum Gasteiger partial charge on any atom is -0.423 e. The van der Waals surface area contributed by atoms with Crippen molar-refractivity contribution in [1.29, 1.82) is 0 Å². The van der Waals surface area contributed by atoms with Crippen LogP contribution in [0.3, 0.4) is 0 Å². The average Bonchev–Trinajstić information content (AvgIpc) is 3.01. The highest BCUT2D eigenvalue weighted by molar-refractivity contribution is 5.74. The number of nitrogens with one attached hydrogen (secondary N) is 1. The molecule has 4 rings (SSSR count). The quantitative estimate of drug-likeness (QED) is 0.770. The van der Waals surface area contributed by atoms with Crippen molar-refractivity contribution >= 4 is 23.1 Å².